The van der Waals surface area contributed by atoms with Crippen LogP contribution in [0.25, 0.3) is 0 Å². The molecule has 0 heterocycles. The minimum Gasteiger partial charge on any atom is -0.493 e. The summed E-state index contributed by atoms with van der Waals surface area (Å²) in [5.41, 5.74) is -0.218. The molecule has 2 rings (SSSR count). The number of methoxy groups -OCH3 is 2. The fraction of sp³-hybridized carbons (Fsp3) is 0.188. The Morgan fingerprint density at radius 3 is 2.25 bits per heavy atom. The number of carbonyl (C=O) groups excluding carboxylic acids is 1. The SMILES string of the molecule is COc1ccccc1OCC(=O)Oc1cc([N+](=O)[O-])ccc1OC. The van der Waals surface area contributed by atoms with Gasteiger partial charge in [0.2, 0.25) is 0 Å². The molecule has 0 fully saturated rings. The molecule has 0 aromatic heterocycles. The number of ether oxygens (including phenoxy) is 4. The molecule has 0 bridgehead atoms. The minimum absolute atomic E-state index is 0.0553. The maximum atomic E-state index is 11.9. The Kier molecular flexibility index (Phi) is 5.56. The van der Waals surface area contributed by atoms with E-state index in [9.17, 15) is 14.9 Å². The first-order chi connectivity index (χ1) is 11.5. The predicted molar refractivity (Wildman–Crippen MR) is 83.8 cm³/mol. The first-order valence-corrected chi connectivity index (χ1v) is 6.84. The van der Waals surface area contributed by atoms with Crippen LogP contribution in [0.5, 0.6) is 23.0 Å². The average Bonchev–Trinajstić information content (AvgIpc) is 2.60. The lowest BCUT2D eigenvalue weighted by atomic mass is 10.3. The molecule has 0 aliphatic rings. The van der Waals surface area contributed by atoms with Crippen molar-refractivity contribution in [1.29, 1.82) is 0 Å². The van der Waals surface area contributed by atoms with E-state index in [1.54, 1.807) is 24.3 Å². The molecule has 126 valence electrons. The molecule has 0 aliphatic heterocycles. The molecule has 2 aromatic rings. The summed E-state index contributed by atoms with van der Waals surface area (Å²) in [6.45, 7) is -0.397. The highest BCUT2D eigenvalue weighted by Crippen LogP contribution is 2.31. The highest BCUT2D eigenvalue weighted by Gasteiger charge is 2.16. The number of benzene rings is 2. The molecular formula is C16H15NO7. The third kappa shape index (κ3) is 4.13. The van der Waals surface area contributed by atoms with Crippen LogP contribution < -0.4 is 18.9 Å². The van der Waals surface area contributed by atoms with Crippen LogP contribution in [0.2, 0.25) is 0 Å². The minimum atomic E-state index is -0.736. The Hall–Kier alpha value is -3.29. The topological polar surface area (TPSA) is 97.1 Å². The van der Waals surface area contributed by atoms with Gasteiger partial charge in [0.15, 0.2) is 29.6 Å². The summed E-state index contributed by atoms with van der Waals surface area (Å²) < 4.78 is 20.5. The van der Waals surface area contributed by atoms with Crippen LogP contribution in [-0.4, -0.2) is 31.7 Å². The van der Waals surface area contributed by atoms with Crippen LogP contribution in [0.3, 0.4) is 0 Å². The molecule has 2 aromatic carbocycles. The number of nitrogens with zero attached hydrogens (tertiary/aromatic N) is 1. The Bertz CT molecular complexity index is 745. The number of carbonyl (C=O) groups is 1. The van der Waals surface area contributed by atoms with Crippen molar-refractivity contribution < 1.29 is 28.7 Å². The van der Waals surface area contributed by atoms with E-state index in [0.717, 1.165) is 6.07 Å². The van der Waals surface area contributed by atoms with Gasteiger partial charge in [-0.1, -0.05) is 12.1 Å². The number of hydrogen-bond donors (Lipinski definition) is 0. The van der Waals surface area contributed by atoms with Crippen LogP contribution in [0.1, 0.15) is 0 Å². The van der Waals surface area contributed by atoms with Gasteiger partial charge >= 0.3 is 5.97 Å². The number of rotatable bonds is 7. The van der Waals surface area contributed by atoms with E-state index in [2.05, 4.69) is 0 Å². The van der Waals surface area contributed by atoms with Crippen molar-refractivity contribution in [2.45, 2.75) is 0 Å². The van der Waals surface area contributed by atoms with Gasteiger partial charge in [0.05, 0.1) is 25.2 Å². The lowest BCUT2D eigenvalue weighted by Gasteiger charge is -2.11. The molecule has 0 unspecified atom stereocenters. The van der Waals surface area contributed by atoms with Gasteiger partial charge in [0.25, 0.3) is 5.69 Å². The molecule has 0 saturated carbocycles. The zero-order valence-electron chi connectivity index (χ0n) is 13.1. The summed E-state index contributed by atoms with van der Waals surface area (Å²) in [5.74, 6) is 0.257. The van der Waals surface area contributed by atoms with Crippen LogP contribution in [0.15, 0.2) is 42.5 Å². The third-order valence-corrected chi connectivity index (χ3v) is 3.00. The van der Waals surface area contributed by atoms with Crippen LogP contribution in [0.4, 0.5) is 5.69 Å². The summed E-state index contributed by atoms with van der Waals surface area (Å²) in [6, 6.07) is 10.5. The van der Waals surface area contributed by atoms with E-state index in [-0.39, 0.29) is 17.2 Å². The van der Waals surface area contributed by atoms with Gasteiger partial charge in [0, 0.05) is 6.07 Å². The number of nitro benzene ring substituents is 1. The number of hydrogen-bond acceptors (Lipinski definition) is 7. The van der Waals surface area contributed by atoms with Crippen molar-refractivity contribution >= 4 is 11.7 Å². The maximum Gasteiger partial charge on any atom is 0.349 e. The van der Waals surface area contributed by atoms with E-state index in [1.807, 2.05) is 0 Å². The third-order valence-electron chi connectivity index (χ3n) is 3.00. The number of non-ortho nitro benzene ring substituents is 1. The Labute approximate surface area is 137 Å². The molecule has 0 aliphatic carbocycles. The molecule has 0 radical (unpaired) electrons. The molecule has 8 heteroatoms. The fourth-order valence-corrected chi connectivity index (χ4v) is 1.89. The predicted octanol–water partition coefficient (Wildman–Crippen LogP) is 2.60. The fourth-order valence-electron chi connectivity index (χ4n) is 1.89. The first kappa shape index (κ1) is 17.1. The number of para-hydroxylation sites is 2. The van der Waals surface area contributed by atoms with Gasteiger partial charge in [0.1, 0.15) is 0 Å². The van der Waals surface area contributed by atoms with E-state index >= 15 is 0 Å². The number of nitro groups is 1. The van der Waals surface area contributed by atoms with Gasteiger partial charge in [-0.15, -0.1) is 0 Å². The normalized spacial score (nSPS) is 9.92. The smallest absolute Gasteiger partial charge is 0.349 e. The highest BCUT2D eigenvalue weighted by molar-refractivity contribution is 5.75. The largest absolute Gasteiger partial charge is 0.493 e. The van der Waals surface area contributed by atoms with E-state index < -0.39 is 17.5 Å². The lowest BCUT2D eigenvalue weighted by molar-refractivity contribution is -0.384. The second-order valence-corrected chi connectivity index (χ2v) is 4.51. The molecule has 0 amide bonds. The summed E-state index contributed by atoms with van der Waals surface area (Å²) in [6.07, 6.45) is 0. The van der Waals surface area contributed by atoms with Crippen molar-refractivity contribution in [1.82, 2.24) is 0 Å². The van der Waals surface area contributed by atoms with Crippen molar-refractivity contribution in [3.8, 4) is 23.0 Å². The average molecular weight is 333 g/mol. The summed E-state index contributed by atoms with van der Waals surface area (Å²) in [7, 11) is 2.85. The van der Waals surface area contributed by atoms with Crippen LogP contribution in [0, 0.1) is 10.1 Å². The Morgan fingerprint density at radius 2 is 1.62 bits per heavy atom. The van der Waals surface area contributed by atoms with Crippen LogP contribution >= 0.6 is 0 Å². The molecule has 0 saturated heterocycles. The second kappa shape index (κ2) is 7.82. The number of esters is 1. The zero-order valence-corrected chi connectivity index (χ0v) is 13.1. The monoisotopic (exact) mass is 333 g/mol. The molecule has 0 N–H and O–H groups in total. The van der Waals surface area contributed by atoms with E-state index in [4.69, 9.17) is 18.9 Å². The molecule has 8 nitrogen and oxygen atoms in total. The standard InChI is InChI=1S/C16H15NO7/c1-21-12-5-3-4-6-14(12)23-10-16(18)24-15-9-11(17(19)20)7-8-13(15)22-2/h3-9H,10H2,1-2H3. The Balaban J connectivity index is 2.06. The maximum absolute atomic E-state index is 11.9. The molecule has 24 heavy (non-hydrogen) atoms. The van der Waals surface area contributed by atoms with Gasteiger partial charge < -0.3 is 18.9 Å². The molecular weight excluding hydrogens is 318 g/mol. The zero-order chi connectivity index (χ0) is 17.5. The summed E-state index contributed by atoms with van der Waals surface area (Å²) in [4.78, 5) is 22.1. The first-order valence-electron chi connectivity index (χ1n) is 6.84. The lowest BCUT2D eigenvalue weighted by Crippen LogP contribution is -2.18. The molecule has 0 spiro atoms. The van der Waals surface area contributed by atoms with Crippen molar-refractivity contribution in [2.24, 2.45) is 0 Å². The van der Waals surface area contributed by atoms with Gasteiger partial charge in [-0.05, 0) is 18.2 Å². The Morgan fingerprint density at radius 1 is 1.00 bits per heavy atom. The highest BCUT2D eigenvalue weighted by atomic mass is 16.6. The summed E-state index contributed by atoms with van der Waals surface area (Å²) >= 11 is 0. The molecule has 0 atom stereocenters. The van der Waals surface area contributed by atoms with E-state index in [0.29, 0.717) is 11.5 Å². The van der Waals surface area contributed by atoms with Crippen LogP contribution in [-0.2, 0) is 4.79 Å². The quantitative estimate of drug-likeness (QED) is 0.332. The summed E-state index contributed by atoms with van der Waals surface area (Å²) in [5, 5.41) is 10.8. The van der Waals surface area contributed by atoms with Gasteiger partial charge in [-0.3, -0.25) is 10.1 Å². The van der Waals surface area contributed by atoms with Gasteiger partial charge in [-0.2, -0.15) is 0 Å². The van der Waals surface area contributed by atoms with Crippen molar-refractivity contribution in [3.05, 3.63) is 52.6 Å². The van der Waals surface area contributed by atoms with E-state index in [1.165, 1.54) is 26.4 Å². The van der Waals surface area contributed by atoms with Crippen molar-refractivity contribution in [3.63, 3.8) is 0 Å². The van der Waals surface area contributed by atoms with Crippen molar-refractivity contribution in [2.75, 3.05) is 20.8 Å². The van der Waals surface area contributed by atoms with Gasteiger partial charge in [-0.25, -0.2) is 4.79 Å². The second-order valence-electron chi connectivity index (χ2n) is 4.51.